The third-order valence-electron chi connectivity index (χ3n) is 3.07. The van der Waals surface area contributed by atoms with Crippen molar-refractivity contribution in [3.63, 3.8) is 0 Å². The van der Waals surface area contributed by atoms with Crippen LogP contribution in [0.4, 0.5) is 0 Å². The number of benzene rings is 2. The van der Waals surface area contributed by atoms with E-state index in [0.29, 0.717) is 16.3 Å². The van der Waals surface area contributed by atoms with E-state index in [4.69, 9.17) is 21.1 Å². The van der Waals surface area contributed by atoms with Crippen LogP contribution >= 0.6 is 11.6 Å². The van der Waals surface area contributed by atoms with Crippen molar-refractivity contribution >= 4 is 23.7 Å². The molecule has 0 aliphatic carbocycles. The van der Waals surface area contributed by atoms with E-state index in [-0.39, 0.29) is 18.1 Å². The van der Waals surface area contributed by atoms with Crippen LogP contribution in [-0.2, 0) is 4.79 Å². The molecule has 0 saturated heterocycles. The Morgan fingerprint density at radius 2 is 2.04 bits per heavy atom. The van der Waals surface area contributed by atoms with Crippen molar-refractivity contribution < 1.29 is 19.4 Å². The van der Waals surface area contributed by atoms with E-state index in [2.05, 4.69) is 10.5 Å². The summed E-state index contributed by atoms with van der Waals surface area (Å²) in [6.07, 6.45) is 1.27. The number of hydrazone groups is 1. The summed E-state index contributed by atoms with van der Waals surface area (Å²) in [4.78, 5) is 11.7. The van der Waals surface area contributed by atoms with Crippen LogP contribution in [-0.4, -0.2) is 30.9 Å². The van der Waals surface area contributed by atoms with E-state index in [1.807, 2.05) is 19.1 Å². The number of aromatic hydroxyl groups is 1. The summed E-state index contributed by atoms with van der Waals surface area (Å²) in [5.41, 5.74) is 3.73. The summed E-state index contributed by atoms with van der Waals surface area (Å²) in [6, 6.07) is 10.3. The molecule has 2 N–H and O–H groups in total. The van der Waals surface area contributed by atoms with Gasteiger partial charge >= 0.3 is 0 Å². The smallest absolute Gasteiger partial charge is 0.277 e. The van der Waals surface area contributed by atoms with Gasteiger partial charge in [0.1, 0.15) is 5.75 Å². The van der Waals surface area contributed by atoms with Gasteiger partial charge in [0.2, 0.25) is 0 Å². The molecule has 0 aliphatic rings. The quantitative estimate of drug-likeness (QED) is 0.621. The number of nitrogens with one attached hydrogen (secondary N) is 1. The number of phenolic OH excluding ortho intramolecular Hbond substituents is 1. The first kappa shape index (κ1) is 17.6. The molecule has 7 heteroatoms. The van der Waals surface area contributed by atoms with Gasteiger partial charge in [-0.05, 0) is 25.1 Å². The van der Waals surface area contributed by atoms with E-state index in [0.717, 1.165) is 5.56 Å². The standard InChI is InChI=1S/C17H17ClN2O4/c1-11-3-5-14(6-4-11)24-10-16(21)20-19-9-12-7-13(18)8-15(23-2)17(12)22/h3-9,22H,10H2,1-2H3,(H,20,21)/b19-9-. The highest BCUT2D eigenvalue weighted by Crippen LogP contribution is 2.32. The molecule has 0 unspecified atom stereocenters. The summed E-state index contributed by atoms with van der Waals surface area (Å²) in [6.45, 7) is 1.79. The van der Waals surface area contributed by atoms with Gasteiger partial charge in [-0.2, -0.15) is 5.10 Å². The number of nitrogens with zero attached hydrogens (tertiary/aromatic N) is 1. The molecule has 2 rings (SSSR count). The SMILES string of the molecule is COc1cc(Cl)cc(/C=N\NC(=O)COc2ccc(C)cc2)c1O. The molecule has 0 bridgehead atoms. The van der Waals surface area contributed by atoms with Crippen LogP contribution in [0.25, 0.3) is 0 Å². The average molecular weight is 349 g/mol. The van der Waals surface area contributed by atoms with Gasteiger partial charge in [0.25, 0.3) is 5.91 Å². The van der Waals surface area contributed by atoms with Crippen molar-refractivity contribution in [2.75, 3.05) is 13.7 Å². The van der Waals surface area contributed by atoms with E-state index in [1.54, 1.807) is 12.1 Å². The summed E-state index contributed by atoms with van der Waals surface area (Å²) < 4.78 is 10.3. The number of amides is 1. The van der Waals surface area contributed by atoms with E-state index in [9.17, 15) is 9.90 Å². The number of halogens is 1. The van der Waals surface area contributed by atoms with Crippen molar-refractivity contribution in [2.24, 2.45) is 5.10 Å². The van der Waals surface area contributed by atoms with Gasteiger partial charge in [-0.3, -0.25) is 4.79 Å². The Kier molecular flexibility index (Phi) is 6.03. The molecule has 0 saturated carbocycles. The highest BCUT2D eigenvalue weighted by atomic mass is 35.5. The maximum absolute atomic E-state index is 11.7. The third kappa shape index (κ3) is 4.89. The monoisotopic (exact) mass is 348 g/mol. The number of hydrogen-bond acceptors (Lipinski definition) is 5. The normalized spacial score (nSPS) is 10.6. The Balaban J connectivity index is 1.90. The lowest BCUT2D eigenvalue weighted by Crippen LogP contribution is -2.24. The fourth-order valence-corrected chi connectivity index (χ4v) is 2.05. The predicted octanol–water partition coefficient (Wildman–Crippen LogP) is 2.89. The molecule has 24 heavy (non-hydrogen) atoms. The zero-order valence-corrected chi connectivity index (χ0v) is 14.0. The fourth-order valence-electron chi connectivity index (χ4n) is 1.84. The first-order valence-corrected chi connectivity index (χ1v) is 7.45. The summed E-state index contributed by atoms with van der Waals surface area (Å²) >= 11 is 5.91. The molecule has 1 amide bonds. The zero-order chi connectivity index (χ0) is 17.5. The molecular formula is C17H17ClN2O4. The molecular weight excluding hydrogens is 332 g/mol. The average Bonchev–Trinajstić information content (AvgIpc) is 2.57. The Bertz CT molecular complexity index is 745. The fraction of sp³-hybridized carbons (Fsp3) is 0.176. The maximum atomic E-state index is 11.7. The van der Waals surface area contributed by atoms with Crippen LogP contribution in [0.1, 0.15) is 11.1 Å². The predicted molar refractivity (Wildman–Crippen MR) is 92.1 cm³/mol. The van der Waals surface area contributed by atoms with Gasteiger partial charge in [-0.25, -0.2) is 5.43 Å². The van der Waals surface area contributed by atoms with Crippen molar-refractivity contribution in [2.45, 2.75) is 6.92 Å². The topological polar surface area (TPSA) is 80.2 Å². The number of phenols is 1. The molecule has 0 fully saturated rings. The Morgan fingerprint density at radius 3 is 2.71 bits per heavy atom. The lowest BCUT2D eigenvalue weighted by molar-refractivity contribution is -0.123. The highest BCUT2D eigenvalue weighted by molar-refractivity contribution is 6.31. The van der Waals surface area contributed by atoms with Gasteiger partial charge in [0, 0.05) is 16.7 Å². The second-order valence-electron chi connectivity index (χ2n) is 4.94. The number of methoxy groups -OCH3 is 1. The zero-order valence-electron chi connectivity index (χ0n) is 13.2. The van der Waals surface area contributed by atoms with Crippen LogP contribution in [0, 0.1) is 6.92 Å². The van der Waals surface area contributed by atoms with Crippen LogP contribution in [0.15, 0.2) is 41.5 Å². The molecule has 126 valence electrons. The number of carbonyl (C=O) groups excluding carboxylic acids is 1. The van der Waals surface area contributed by atoms with Gasteiger partial charge in [-0.15, -0.1) is 0 Å². The van der Waals surface area contributed by atoms with Gasteiger partial charge < -0.3 is 14.6 Å². The number of ether oxygens (including phenoxy) is 2. The lowest BCUT2D eigenvalue weighted by Gasteiger charge is -2.07. The van der Waals surface area contributed by atoms with Gasteiger partial charge in [0.05, 0.1) is 13.3 Å². The summed E-state index contributed by atoms with van der Waals surface area (Å²) in [5.74, 6) is 0.269. The number of hydrogen-bond donors (Lipinski definition) is 2. The van der Waals surface area contributed by atoms with Crippen molar-refractivity contribution in [1.82, 2.24) is 5.43 Å². The first-order chi connectivity index (χ1) is 11.5. The largest absolute Gasteiger partial charge is 0.504 e. The van der Waals surface area contributed by atoms with Crippen molar-refractivity contribution in [3.05, 3.63) is 52.5 Å². The Labute approximate surface area is 144 Å². The minimum absolute atomic E-state index is 0.115. The minimum Gasteiger partial charge on any atom is -0.504 e. The Hall–Kier alpha value is -2.73. The van der Waals surface area contributed by atoms with Crippen LogP contribution in [0.2, 0.25) is 5.02 Å². The molecule has 0 aromatic heterocycles. The van der Waals surface area contributed by atoms with E-state index in [1.165, 1.54) is 25.5 Å². The van der Waals surface area contributed by atoms with Crippen molar-refractivity contribution in [3.8, 4) is 17.2 Å². The molecule has 0 radical (unpaired) electrons. The van der Waals surface area contributed by atoms with Crippen molar-refractivity contribution in [1.29, 1.82) is 0 Å². The summed E-state index contributed by atoms with van der Waals surface area (Å²) in [7, 11) is 1.41. The van der Waals surface area contributed by atoms with E-state index < -0.39 is 5.91 Å². The molecule has 0 atom stereocenters. The number of aryl methyl sites for hydroxylation is 1. The van der Waals surface area contributed by atoms with Crippen LogP contribution in [0.3, 0.4) is 0 Å². The molecule has 6 nitrogen and oxygen atoms in total. The molecule has 0 heterocycles. The third-order valence-corrected chi connectivity index (χ3v) is 3.29. The molecule has 2 aromatic carbocycles. The van der Waals surface area contributed by atoms with Crippen LogP contribution in [0.5, 0.6) is 17.2 Å². The Morgan fingerprint density at radius 1 is 1.33 bits per heavy atom. The molecule has 2 aromatic rings. The van der Waals surface area contributed by atoms with E-state index >= 15 is 0 Å². The molecule has 0 spiro atoms. The van der Waals surface area contributed by atoms with Gasteiger partial charge in [-0.1, -0.05) is 29.3 Å². The second kappa shape index (κ2) is 8.21. The second-order valence-corrected chi connectivity index (χ2v) is 5.38. The number of rotatable bonds is 6. The lowest BCUT2D eigenvalue weighted by atomic mass is 10.2. The number of carbonyl (C=O) groups is 1. The first-order valence-electron chi connectivity index (χ1n) is 7.07. The molecule has 0 aliphatic heterocycles. The highest BCUT2D eigenvalue weighted by Gasteiger charge is 2.08. The maximum Gasteiger partial charge on any atom is 0.277 e. The minimum atomic E-state index is -0.430. The van der Waals surface area contributed by atoms with Crippen LogP contribution < -0.4 is 14.9 Å². The van der Waals surface area contributed by atoms with Gasteiger partial charge in [0.15, 0.2) is 18.1 Å². The summed E-state index contributed by atoms with van der Waals surface area (Å²) in [5, 5.41) is 14.1.